The Kier molecular flexibility index (Phi) is 3.42. The first-order valence-electron chi connectivity index (χ1n) is 7.51. The van der Waals surface area contributed by atoms with E-state index >= 15 is 0 Å². The lowest BCUT2D eigenvalue weighted by molar-refractivity contribution is 0.175. The number of hydrogen-bond donors (Lipinski definition) is 2. The van der Waals surface area contributed by atoms with Gasteiger partial charge in [-0.05, 0) is 56.7 Å². The van der Waals surface area contributed by atoms with Crippen LogP contribution in [0.1, 0.15) is 57.5 Å². The molecule has 0 aliphatic heterocycles. The van der Waals surface area contributed by atoms with Gasteiger partial charge >= 0.3 is 0 Å². The van der Waals surface area contributed by atoms with Gasteiger partial charge in [0.2, 0.25) is 0 Å². The molecular weight excluding hydrogens is 250 g/mol. The maximum Gasteiger partial charge on any atom is 0.138 e. The molecule has 0 spiro atoms. The average Bonchev–Trinajstić information content (AvgIpc) is 2.78. The van der Waals surface area contributed by atoms with E-state index in [1.54, 1.807) is 6.92 Å². The van der Waals surface area contributed by atoms with Crippen LogP contribution in [-0.4, -0.2) is 14.7 Å². The second-order valence-electron chi connectivity index (χ2n) is 6.18. The van der Waals surface area contributed by atoms with Gasteiger partial charge in [-0.2, -0.15) is 0 Å². The molecule has 0 radical (unpaired) electrons. The van der Waals surface area contributed by atoms with Gasteiger partial charge in [-0.15, -0.1) is 0 Å². The van der Waals surface area contributed by atoms with Crippen molar-refractivity contribution in [2.24, 2.45) is 5.92 Å². The highest BCUT2D eigenvalue weighted by Crippen LogP contribution is 2.36. The lowest BCUT2D eigenvalue weighted by atomic mass is 9.87. The second-order valence-corrected chi connectivity index (χ2v) is 6.18. The summed E-state index contributed by atoms with van der Waals surface area (Å²) in [4.78, 5) is 4.60. The molecule has 4 nitrogen and oxygen atoms in total. The zero-order valence-corrected chi connectivity index (χ0v) is 12.2. The van der Waals surface area contributed by atoms with Crippen LogP contribution in [0.3, 0.4) is 0 Å². The van der Waals surface area contributed by atoms with Gasteiger partial charge in [0, 0.05) is 11.7 Å². The number of hydrogen-bond acceptors (Lipinski definition) is 3. The van der Waals surface area contributed by atoms with Crippen molar-refractivity contribution < 1.29 is 5.11 Å². The molecule has 3 rings (SSSR count). The van der Waals surface area contributed by atoms with Gasteiger partial charge in [0.25, 0.3) is 0 Å². The van der Waals surface area contributed by atoms with Crippen LogP contribution in [0.5, 0.6) is 0 Å². The maximum atomic E-state index is 10.0. The monoisotopic (exact) mass is 273 g/mol. The molecule has 1 unspecified atom stereocenters. The predicted octanol–water partition coefficient (Wildman–Crippen LogP) is 3.42. The fraction of sp³-hybridized carbons (Fsp3) is 0.562. The molecule has 3 N–H and O–H groups in total. The third-order valence-corrected chi connectivity index (χ3v) is 4.47. The fourth-order valence-corrected chi connectivity index (χ4v) is 3.31. The fourth-order valence-electron chi connectivity index (χ4n) is 3.31. The molecule has 1 atom stereocenters. The van der Waals surface area contributed by atoms with Crippen LogP contribution in [0.2, 0.25) is 0 Å². The predicted molar refractivity (Wildman–Crippen MR) is 81.4 cm³/mol. The first-order valence-corrected chi connectivity index (χ1v) is 7.51. The van der Waals surface area contributed by atoms with E-state index in [-0.39, 0.29) is 0 Å². The number of benzene rings is 1. The molecule has 2 aromatic rings. The molecule has 108 valence electrons. The SMILES string of the molecule is CC1CCC(n2c(C(C)O)nc3cc(N)ccc32)CC1. The first-order chi connectivity index (χ1) is 9.56. The Bertz CT molecular complexity index is 609. The van der Waals surface area contributed by atoms with E-state index in [1.165, 1.54) is 12.8 Å². The van der Waals surface area contributed by atoms with Crippen LogP contribution in [0.4, 0.5) is 5.69 Å². The van der Waals surface area contributed by atoms with Crippen LogP contribution in [0.25, 0.3) is 11.0 Å². The minimum Gasteiger partial charge on any atom is -0.399 e. The Balaban J connectivity index is 2.09. The van der Waals surface area contributed by atoms with Crippen molar-refractivity contribution in [2.45, 2.75) is 51.7 Å². The summed E-state index contributed by atoms with van der Waals surface area (Å²) in [5.41, 5.74) is 8.54. The molecule has 1 saturated carbocycles. The summed E-state index contributed by atoms with van der Waals surface area (Å²) in [6.45, 7) is 4.10. The number of aromatic nitrogens is 2. The zero-order valence-electron chi connectivity index (χ0n) is 12.2. The van der Waals surface area contributed by atoms with Crippen molar-refractivity contribution in [1.29, 1.82) is 0 Å². The van der Waals surface area contributed by atoms with E-state index in [9.17, 15) is 5.11 Å². The maximum absolute atomic E-state index is 10.0. The van der Waals surface area contributed by atoms with Crippen LogP contribution in [0.15, 0.2) is 18.2 Å². The summed E-state index contributed by atoms with van der Waals surface area (Å²) in [5, 5.41) is 10.0. The molecule has 4 heteroatoms. The number of fused-ring (bicyclic) bond motifs is 1. The van der Waals surface area contributed by atoms with E-state index in [4.69, 9.17) is 5.73 Å². The molecule has 20 heavy (non-hydrogen) atoms. The largest absolute Gasteiger partial charge is 0.399 e. The highest BCUT2D eigenvalue weighted by atomic mass is 16.3. The lowest BCUT2D eigenvalue weighted by Gasteiger charge is -2.29. The molecule has 0 bridgehead atoms. The highest BCUT2D eigenvalue weighted by molar-refractivity contribution is 5.80. The van der Waals surface area contributed by atoms with Crippen molar-refractivity contribution >= 4 is 16.7 Å². The summed E-state index contributed by atoms with van der Waals surface area (Å²) in [6, 6.07) is 6.28. The summed E-state index contributed by atoms with van der Waals surface area (Å²) >= 11 is 0. The molecule has 1 aliphatic rings. The number of anilines is 1. The Morgan fingerprint density at radius 1 is 1.30 bits per heavy atom. The molecule has 0 amide bonds. The summed E-state index contributed by atoms with van der Waals surface area (Å²) in [7, 11) is 0. The van der Waals surface area contributed by atoms with Crippen LogP contribution in [-0.2, 0) is 0 Å². The summed E-state index contributed by atoms with van der Waals surface area (Å²) in [5.74, 6) is 1.58. The van der Waals surface area contributed by atoms with E-state index in [1.807, 2.05) is 18.2 Å². The van der Waals surface area contributed by atoms with Gasteiger partial charge in [-0.3, -0.25) is 0 Å². The van der Waals surface area contributed by atoms with E-state index < -0.39 is 6.10 Å². The van der Waals surface area contributed by atoms with Crippen molar-refractivity contribution in [3.63, 3.8) is 0 Å². The van der Waals surface area contributed by atoms with E-state index in [0.717, 1.165) is 41.3 Å². The molecule has 1 aliphatic carbocycles. The summed E-state index contributed by atoms with van der Waals surface area (Å²) in [6.07, 6.45) is 4.27. The number of aliphatic hydroxyl groups is 1. The van der Waals surface area contributed by atoms with E-state index in [0.29, 0.717) is 6.04 Å². The van der Waals surface area contributed by atoms with Crippen LogP contribution < -0.4 is 5.73 Å². The third-order valence-electron chi connectivity index (χ3n) is 4.47. The van der Waals surface area contributed by atoms with Gasteiger partial charge < -0.3 is 15.4 Å². The molecule has 1 heterocycles. The Morgan fingerprint density at radius 2 is 2.00 bits per heavy atom. The second kappa shape index (κ2) is 5.09. The van der Waals surface area contributed by atoms with Gasteiger partial charge in [-0.1, -0.05) is 6.92 Å². The van der Waals surface area contributed by atoms with E-state index in [2.05, 4.69) is 16.5 Å². The first kappa shape index (κ1) is 13.4. The normalized spacial score (nSPS) is 24.9. The van der Waals surface area contributed by atoms with Gasteiger partial charge in [0.15, 0.2) is 0 Å². The quantitative estimate of drug-likeness (QED) is 0.824. The smallest absolute Gasteiger partial charge is 0.138 e. The van der Waals surface area contributed by atoms with Crippen molar-refractivity contribution in [1.82, 2.24) is 9.55 Å². The minimum atomic E-state index is -0.553. The zero-order chi connectivity index (χ0) is 14.3. The number of rotatable bonds is 2. The number of aliphatic hydroxyl groups excluding tert-OH is 1. The van der Waals surface area contributed by atoms with Crippen molar-refractivity contribution in [3.8, 4) is 0 Å². The van der Waals surface area contributed by atoms with Crippen LogP contribution >= 0.6 is 0 Å². The Hall–Kier alpha value is -1.55. The third kappa shape index (κ3) is 2.29. The average molecular weight is 273 g/mol. The molecule has 1 aromatic carbocycles. The Morgan fingerprint density at radius 3 is 2.65 bits per heavy atom. The van der Waals surface area contributed by atoms with Gasteiger partial charge in [0.1, 0.15) is 11.9 Å². The van der Waals surface area contributed by atoms with Crippen molar-refractivity contribution in [2.75, 3.05) is 5.73 Å². The number of imidazole rings is 1. The standard InChI is InChI=1S/C16H23N3O/c1-10-3-6-13(7-4-10)19-15-8-5-12(17)9-14(15)18-16(19)11(2)20/h5,8-11,13,20H,3-4,6-7,17H2,1-2H3. The molecule has 1 aromatic heterocycles. The van der Waals surface area contributed by atoms with Crippen LogP contribution in [0, 0.1) is 5.92 Å². The number of nitrogens with two attached hydrogens (primary N) is 1. The van der Waals surface area contributed by atoms with Crippen molar-refractivity contribution in [3.05, 3.63) is 24.0 Å². The number of nitrogen functional groups attached to an aromatic ring is 1. The topological polar surface area (TPSA) is 64.1 Å². The van der Waals surface area contributed by atoms with Gasteiger partial charge in [0.05, 0.1) is 11.0 Å². The number of nitrogens with zero attached hydrogens (tertiary/aromatic N) is 2. The Labute approximate surface area is 119 Å². The minimum absolute atomic E-state index is 0.449. The van der Waals surface area contributed by atoms with Gasteiger partial charge in [-0.25, -0.2) is 4.98 Å². The molecule has 0 saturated heterocycles. The lowest BCUT2D eigenvalue weighted by Crippen LogP contribution is -2.19. The summed E-state index contributed by atoms with van der Waals surface area (Å²) < 4.78 is 2.24. The molecular formula is C16H23N3O. The highest BCUT2D eigenvalue weighted by Gasteiger charge is 2.25. The molecule has 1 fully saturated rings.